The molecule has 0 unspecified atom stereocenters. The smallest absolute Gasteiger partial charge is 0.185 e. The van der Waals surface area contributed by atoms with E-state index in [0.29, 0.717) is 4.88 Å². The van der Waals surface area contributed by atoms with Crippen LogP contribution in [0.25, 0.3) is 0 Å². The van der Waals surface area contributed by atoms with Crippen LogP contribution in [0.3, 0.4) is 0 Å². The minimum absolute atomic E-state index is 0.151. The summed E-state index contributed by atoms with van der Waals surface area (Å²) in [6.07, 6.45) is -1.89. The van der Waals surface area contributed by atoms with Crippen molar-refractivity contribution in [3.63, 3.8) is 0 Å². The zero-order valence-corrected chi connectivity index (χ0v) is 8.49. The van der Waals surface area contributed by atoms with Gasteiger partial charge in [0.15, 0.2) is 4.47 Å². The minimum Gasteiger partial charge on any atom is -0.390 e. The molecular weight excluding hydrogens is 221 g/mol. The summed E-state index contributed by atoms with van der Waals surface area (Å²) < 4.78 is 0.259. The maximum atomic E-state index is 9.37. The standard InChI is InChI=1S/C6H7Cl2NO2S/c1-2(10)3(11)4-5(7)9-6(8)12-4/h2-3,10-11H,1H3/t2-,3+/m0/s1. The Morgan fingerprint density at radius 1 is 1.42 bits per heavy atom. The Bertz CT molecular complexity index is 277. The van der Waals surface area contributed by atoms with Crippen molar-refractivity contribution in [2.45, 2.75) is 19.1 Å². The molecule has 2 atom stereocenters. The first-order chi connectivity index (χ1) is 5.52. The number of thiazole rings is 1. The Labute approximate surface area is 83.6 Å². The molecule has 0 radical (unpaired) electrons. The summed E-state index contributed by atoms with van der Waals surface area (Å²) in [4.78, 5) is 4.09. The van der Waals surface area contributed by atoms with Gasteiger partial charge in [0.05, 0.1) is 11.0 Å². The van der Waals surface area contributed by atoms with Crippen molar-refractivity contribution in [1.29, 1.82) is 0 Å². The van der Waals surface area contributed by atoms with Gasteiger partial charge in [0.2, 0.25) is 0 Å². The molecule has 1 rings (SSSR count). The molecule has 0 amide bonds. The molecule has 2 N–H and O–H groups in total. The van der Waals surface area contributed by atoms with Crippen LogP contribution in [0.4, 0.5) is 0 Å². The zero-order chi connectivity index (χ0) is 9.30. The summed E-state index contributed by atoms with van der Waals surface area (Å²) in [5.41, 5.74) is 0. The van der Waals surface area contributed by atoms with Gasteiger partial charge < -0.3 is 10.2 Å². The third kappa shape index (κ3) is 2.08. The number of aliphatic hydroxyl groups is 2. The van der Waals surface area contributed by atoms with E-state index in [0.717, 1.165) is 11.3 Å². The average molecular weight is 228 g/mol. The second-order valence-electron chi connectivity index (χ2n) is 2.31. The van der Waals surface area contributed by atoms with Crippen molar-refractivity contribution in [1.82, 2.24) is 4.98 Å². The van der Waals surface area contributed by atoms with Crippen molar-refractivity contribution in [3.05, 3.63) is 14.5 Å². The number of halogens is 2. The van der Waals surface area contributed by atoms with E-state index in [4.69, 9.17) is 28.3 Å². The summed E-state index contributed by atoms with van der Waals surface area (Å²) in [7, 11) is 0. The van der Waals surface area contributed by atoms with Crippen LogP contribution < -0.4 is 0 Å². The molecule has 1 aromatic heterocycles. The Kier molecular flexibility index (Phi) is 3.31. The van der Waals surface area contributed by atoms with Gasteiger partial charge in [-0.05, 0) is 6.92 Å². The van der Waals surface area contributed by atoms with Gasteiger partial charge in [0.25, 0.3) is 0 Å². The molecule has 0 saturated carbocycles. The van der Waals surface area contributed by atoms with Gasteiger partial charge >= 0.3 is 0 Å². The molecule has 0 aliphatic rings. The van der Waals surface area contributed by atoms with E-state index in [9.17, 15) is 5.11 Å². The molecule has 6 heteroatoms. The molecule has 0 fully saturated rings. The highest BCUT2D eigenvalue weighted by Gasteiger charge is 2.20. The van der Waals surface area contributed by atoms with Gasteiger partial charge in [-0.2, -0.15) is 0 Å². The number of nitrogens with zero attached hydrogens (tertiary/aromatic N) is 1. The van der Waals surface area contributed by atoms with E-state index in [1.54, 1.807) is 0 Å². The Morgan fingerprint density at radius 2 is 2.00 bits per heavy atom. The fourth-order valence-electron chi connectivity index (χ4n) is 0.689. The molecule has 0 aliphatic heterocycles. The summed E-state index contributed by atoms with van der Waals surface area (Å²) in [5, 5.41) is 18.6. The zero-order valence-electron chi connectivity index (χ0n) is 6.16. The van der Waals surface area contributed by atoms with Gasteiger partial charge in [-0.3, -0.25) is 0 Å². The lowest BCUT2D eigenvalue weighted by Gasteiger charge is -2.10. The van der Waals surface area contributed by atoms with Gasteiger partial charge in [0, 0.05) is 0 Å². The lowest BCUT2D eigenvalue weighted by Crippen LogP contribution is -2.12. The van der Waals surface area contributed by atoms with Crippen molar-refractivity contribution in [2.24, 2.45) is 0 Å². The fraction of sp³-hybridized carbons (Fsp3) is 0.500. The molecule has 0 spiro atoms. The third-order valence-corrected chi connectivity index (χ3v) is 2.94. The molecule has 68 valence electrons. The molecule has 3 nitrogen and oxygen atoms in total. The average Bonchev–Trinajstić information content (AvgIpc) is 2.28. The predicted octanol–water partition coefficient (Wildman–Crippen LogP) is 1.86. The Morgan fingerprint density at radius 3 is 2.33 bits per heavy atom. The van der Waals surface area contributed by atoms with Crippen molar-refractivity contribution >= 4 is 34.5 Å². The van der Waals surface area contributed by atoms with Crippen LogP contribution >= 0.6 is 34.5 Å². The van der Waals surface area contributed by atoms with E-state index in [2.05, 4.69) is 4.98 Å². The Hall–Kier alpha value is 0.130. The summed E-state index contributed by atoms with van der Waals surface area (Å²) >= 11 is 12.2. The van der Waals surface area contributed by atoms with Gasteiger partial charge in [-0.1, -0.05) is 23.2 Å². The minimum atomic E-state index is -1.01. The van der Waals surface area contributed by atoms with Gasteiger partial charge in [-0.15, -0.1) is 11.3 Å². The molecule has 0 bridgehead atoms. The summed E-state index contributed by atoms with van der Waals surface area (Å²) in [6.45, 7) is 1.47. The lowest BCUT2D eigenvalue weighted by atomic mass is 10.2. The topological polar surface area (TPSA) is 53.4 Å². The van der Waals surface area contributed by atoms with Crippen LogP contribution in [-0.4, -0.2) is 21.3 Å². The van der Waals surface area contributed by atoms with E-state index in [-0.39, 0.29) is 9.62 Å². The quantitative estimate of drug-likeness (QED) is 0.812. The largest absolute Gasteiger partial charge is 0.390 e. The third-order valence-electron chi connectivity index (χ3n) is 1.31. The van der Waals surface area contributed by atoms with Crippen molar-refractivity contribution in [2.75, 3.05) is 0 Å². The number of aromatic nitrogens is 1. The molecule has 1 heterocycles. The van der Waals surface area contributed by atoms with Crippen molar-refractivity contribution < 1.29 is 10.2 Å². The highest BCUT2D eigenvalue weighted by molar-refractivity contribution is 7.16. The number of aliphatic hydroxyl groups excluding tert-OH is 2. The summed E-state index contributed by atoms with van der Waals surface area (Å²) in [6, 6.07) is 0. The monoisotopic (exact) mass is 227 g/mol. The number of hydrogen-bond acceptors (Lipinski definition) is 4. The van der Waals surface area contributed by atoms with Gasteiger partial charge in [-0.25, -0.2) is 4.98 Å². The fourth-order valence-corrected chi connectivity index (χ4v) is 2.19. The highest BCUT2D eigenvalue weighted by atomic mass is 35.5. The van der Waals surface area contributed by atoms with Crippen LogP contribution in [-0.2, 0) is 0 Å². The van der Waals surface area contributed by atoms with Crippen LogP contribution in [0, 0.1) is 0 Å². The van der Waals surface area contributed by atoms with Crippen LogP contribution in [0.1, 0.15) is 17.9 Å². The second-order valence-corrected chi connectivity index (χ2v) is 4.28. The van der Waals surface area contributed by atoms with E-state index in [1.165, 1.54) is 6.92 Å². The molecule has 12 heavy (non-hydrogen) atoms. The van der Waals surface area contributed by atoms with Crippen LogP contribution in [0.5, 0.6) is 0 Å². The maximum absolute atomic E-state index is 9.37. The first-order valence-corrected chi connectivity index (χ1v) is 4.77. The normalized spacial score (nSPS) is 16.1. The van der Waals surface area contributed by atoms with E-state index >= 15 is 0 Å². The number of hydrogen-bond donors (Lipinski definition) is 2. The first kappa shape index (κ1) is 10.2. The first-order valence-electron chi connectivity index (χ1n) is 3.20. The molecular formula is C6H7Cl2NO2S. The maximum Gasteiger partial charge on any atom is 0.185 e. The van der Waals surface area contributed by atoms with Gasteiger partial charge in [0.1, 0.15) is 11.3 Å². The molecule has 0 aromatic carbocycles. The lowest BCUT2D eigenvalue weighted by molar-refractivity contribution is 0.0327. The predicted molar refractivity (Wildman–Crippen MR) is 48.8 cm³/mol. The van der Waals surface area contributed by atoms with E-state index < -0.39 is 12.2 Å². The number of rotatable bonds is 2. The second kappa shape index (κ2) is 3.89. The SMILES string of the molecule is C[C@H](O)[C@@H](O)c1sc(Cl)nc1Cl. The Balaban J connectivity index is 2.94. The van der Waals surface area contributed by atoms with E-state index in [1.807, 2.05) is 0 Å². The van der Waals surface area contributed by atoms with Crippen LogP contribution in [0.15, 0.2) is 0 Å². The summed E-state index contributed by atoms with van der Waals surface area (Å²) in [5.74, 6) is 0. The molecule has 0 saturated heterocycles. The van der Waals surface area contributed by atoms with Crippen LogP contribution in [0.2, 0.25) is 9.62 Å². The van der Waals surface area contributed by atoms with Crippen molar-refractivity contribution in [3.8, 4) is 0 Å². The molecule has 0 aliphatic carbocycles. The molecule has 1 aromatic rings. The highest BCUT2D eigenvalue weighted by Crippen LogP contribution is 2.33.